The second-order valence-corrected chi connectivity index (χ2v) is 6.56. The van der Waals surface area contributed by atoms with E-state index >= 15 is 0 Å². The third-order valence-corrected chi connectivity index (χ3v) is 5.20. The van der Waals surface area contributed by atoms with Gasteiger partial charge in [-0.05, 0) is 18.8 Å². The first kappa shape index (κ1) is 14.3. The maximum Gasteiger partial charge on any atom is 0.186 e. The molecule has 0 bridgehead atoms. The molecule has 1 saturated heterocycles. The van der Waals surface area contributed by atoms with Crippen LogP contribution in [0.1, 0.15) is 35.9 Å². The molecule has 1 aromatic heterocycles. The van der Waals surface area contributed by atoms with Crippen molar-refractivity contribution < 1.29 is 4.79 Å². The first-order valence-electron chi connectivity index (χ1n) is 7.58. The lowest BCUT2D eigenvalue weighted by atomic mass is 9.96. The van der Waals surface area contributed by atoms with Crippen LogP contribution in [0.2, 0.25) is 0 Å². The molecule has 0 N–H and O–H groups in total. The Morgan fingerprint density at radius 1 is 1.38 bits per heavy atom. The summed E-state index contributed by atoms with van der Waals surface area (Å²) < 4.78 is 0. The zero-order chi connectivity index (χ0) is 14.7. The number of carbonyl (C=O) groups excluding carboxylic acids is 1. The molecule has 0 spiro atoms. The summed E-state index contributed by atoms with van der Waals surface area (Å²) in [5, 5.41) is 0.995. The third-order valence-electron chi connectivity index (χ3n) is 4.16. The number of nitrogens with zero attached hydrogens (tertiary/aromatic N) is 2. The lowest BCUT2D eigenvalue weighted by molar-refractivity contribution is 0.112. The van der Waals surface area contributed by atoms with E-state index in [9.17, 15) is 4.79 Å². The van der Waals surface area contributed by atoms with E-state index in [0.717, 1.165) is 46.6 Å². The fourth-order valence-corrected chi connectivity index (χ4v) is 3.85. The molecule has 4 heteroatoms. The molecule has 1 aliphatic heterocycles. The molecule has 1 fully saturated rings. The molecule has 21 heavy (non-hydrogen) atoms. The van der Waals surface area contributed by atoms with Crippen LogP contribution in [-0.4, -0.2) is 24.4 Å². The molecule has 2 heterocycles. The Bertz CT molecular complexity index is 609. The minimum Gasteiger partial charge on any atom is -0.348 e. The van der Waals surface area contributed by atoms with Crippen molar-refractivity contribution in [3.05, 3.63) is 35.2 Å². The van der Waals surface area contributed by atoms with Crippen molar-refractivity contribution in [2.45, 2.75) is 26.2 Å². The number of hydrogen-bond donors (Lipinski definition) is 0. The minimum absolute atomic E-state index is 0.731. The Labute approximate surface area is 129 Å². The van der Waals surface area contributed by atoms with Crippen molar-refractivity contribution in [3.63, 3.8) is 0 Å². The predicted octanol–water partition coefficient (Wildman–Crippen LogP) is 4.25. The summed E-state index contributed by atoms with van der Waals surface area (Å²) in [6.45, 7) is 4.37. The average molecular weight is 300 g/mol. The molecule has 3 nitrogen and oxygen atoms in total. The molecule has 1 unspecified atom stereocenters. The van der Waals surface area contributed by atoms with E-state index in [2.05, 4.69) is 11.8 Å². The predicted molar refractivity (Wildman–Crippen MR) is 88.2 cm³/mol. The summed E-state index contributed by atoms with van der Waals surface area (Å²) in [6, 6.07) is 9.97. The molecule has 3 rings (SSSR count). The molecule has 1 atom stereocenters. The Morgan fingerprint density at radius 3 is 2.90 bits per heavy atom. The fourth-order valence-electron chi connectivity index (χ4n) is 2.91. The van der Waals surface area contributed by atoms with Gasteiger partial charge in [-0.15, -0.1) is 0 Å². The lowest BCUT2D eigenvalue weighted by Crippen LogP contribution is -2.35. The van der Waals surface area contributed by atoms with E-state index in [1.807, 2.05) is 30.3 Å². The average Bonchev–Trinajstić information content (AvgIpc) is 3.00. The normalized spacial score (nSPS) is 18.7. The van der Waals surface area contributed by atoms with Gasteiger partial charge in [0.2, 0.25) is 0 Å². The first-order chi connectivity index (χ1) is 10.3. The second kappa shape index (κ2) is 6.39. The van der Waals surface area contributed by atoms with Crippen molar-refractivity contribution in [1.82, 2.24) is 4.98 Å². The number of piperidine rings is 1. The third kappa shape index (κ3) is 3.00. The molecular weight excluding hydrogens is 280 g/mol. The largest absolute Gasteiger partial charge is 0.348 e. The molecule has 0 radical (unpaired) electrons. The van der Waals surface area contributed by atoms with E-state index < -0.39 is 0 Å². The van der Waals surface area contributed by atoms with Gasteiger partial charge < -0.3 is 4.90 Å². The molecule has 0 amide bonds. The van der Waals surface area contributed by atoms with Crippen molar-refractivity contribution in [2.24, 2.45) is 5.92 Å². The Kier molecular flexibility index (Phi) is 4.34. The molecular formula is C17H20N2OS. The summed E-state index contributed by atoms with van der Waals surface area (Å²) in [5.41, 5.74) is 1.84. The van der Waals surface area contributed by atoms with Crippen molar-refractivity contribution in [3.8, 4) is 11.3 Å². The van der Waals surface area contributed by atoms with Gasteiger partial charge in [-0.2, -0.15) is 0 Å². The van der Waals surface area contributed by atoms with Crippen LogP contribution in [0.5, 0.6) is 0 Å². The SMILES string of the molecule is CCC1CCCN(c2nc(-c3ccccc3)c(C=O)s2)C1. The summed E-state index contributed by atoms with van der Waals surface area (Å²) in [6.07, 6.45) is 4.68. The van der Waals surface area contributed by atoms with Gasteiger partial charge in [0.25, 0.3) is 0 Å². The molecule has 0 aliphatic carbocycles. The quantitative estimate of drug-likeness (QED) is 0.791. The number of aldehydes is 1. The van der Waals surface area contributed by atoms with Gasteiger partial charge in [-0.3, -0.25) is 4.79 Å². The topological polar surface area (TPSA) is 33.2 Å². The number of hydrogen-bond acceptors (Lipinski definition) is 4. The van der Waals surface area contributed by atoms with Gasteiger partial charge in [0.05, 0.1) is 10.6 Å². The monoisotopic (exact) mass is 300 g/mol. The highest BCUT2D eigenvalue weighted by Gasteiger charge is 2.23. The van der Waals surface area contributed by atoms with Crippen LogP contribution in [0.25, 0.3) is 11.3 Å². The molecule has 1 aliphatic rings. The van der Waals surface area contributed by atoms with Crippen LogP contribution in [-0.2, 0) is 0 Å². The smallest absolute Gasteiger partial charge is 0.186 e. The molecule has 2 aromatic rings. The van der Waals surface area contributed by atoms with Crippen LogP contribution in [0.3, 0.4) is 0 Å². The minimum atomic E-state index is 0.731. The zero-order valence-electron chi connectivity index (χ0n) is 12.3. The van der Waals surface area contributed by atoms with Gasteiger partial charge in [0.15, 0.2) is 11.4 Å². The highest BCUT2D eigenvalue weighted by Crippen LogP contribution is 2.34. The number of thiazole rings is 1. The number of rotatable bonds is 4. The number of benzene rings is 1. The van der Waals surface area contributed by atoms with Crippen LogP contribution < -0.4 is 4.90 Å². The van der Waals surface area contributed by atoms with E-state index in [-0.39, 0.29) is 0 Å². The number of carbonyl (C=O) groups is 1. The number of anilines is 1. The highest BCUT2D eigenvalue weighted by atomic mass is 32.1. The number of aromatic nitrogens is 1. The zero-order valence-corrected chi connectivity index (χ0v) is 13.1. The maximum atomic E-state index is 11.4. The lowest BCUT2D eigenvalue weighted by Gasteiger charge is -2.31. The van der Waals surface area contributed by atoms with Crippen molar-refractivity contribution in [2.75, 3.05) is 18.0 Å². The van der Waals surface area contributed by atoms with Crippen LogP contribution >= 0.6 is 11.3 Å². The van der Waals surface area contributed by atoms with E-state index in [1.54, 1.807) is 0 Å². The van der Waals surface area contributed by atoms with E-state index in [4.69, 9.17) is 4.98 Å². The summed E-state index contributed by atoms with van der Waals surface area (Å²) in [7, 11) is 0. The van der Waals surface area contributed by atoms with Gasteiger partial charge in [0.1, 0.15) is 0 Å². The molecule has 110 valence electrons. The van der Waals surface area contributed by atoms with Crippen LogP contribution in [0.15, 0.2) is 30.3 Å². The highest BCUT2D eigenvalue weighted by molar-refractivity contribution is 7.17. The van der Waals surface area contributed by atoms with Gasteiger partial charge in [-0.1, -0.05) is 55.0 Å². The van der Waals surface area contributed by atoms with Crippen molar-refractivity contribution in [1.29, 1.82) is 0 Å². The van der Waals surface area contributed by atoms with Gasteiger partial charge >= 0.3 is 0 Å². The summed E-state index contributed by atoms with van der Waals surface area (Å²) in [5.74, 6) is 0.752. The van der Waals surface area contributed by atoms with Crippen LogP contribution in [0, 0.1) is 5.92 Å². The standard InChI is InChI=1S/C17H20N2OS/c1-2-13-7-6-10-19(11-13)17-18-16(15(12-20)21-17)14-8-4-3-5-9-14/h3-5,8-9,12-13H,2,6-7,10-11H2,1H3. The van der Waals surface area contributed by atoms with Crippen molar-refractivity contribution >= 4 is 22.8 Å². The van der Waals surface area contributed by atoms with E-state index in [1.165, 1.54) is 30.6 Å². The van der Waals surface area contributed by atoms with Gasteiger partial charge in [-0.25, -0.2) is 4.98 Å². The summed E-state index contributed by atoms with van der Waals surface area (Å²) >= 11 is 1.52. The fraction of sp³-hybridized carbons (Fsp3) is 0.412. The summed E-state index contributed by atoms with van der Waals surface area (Å²) in [4.78, 5) is 19.2. The Balaban J connectivity index is 1.91. The molecule has 1 aromatic carbocycles. The van der Waals surface area contributed by atoms with Gasteiger partial charge in [0, 0.05) is 18.7 Å². The first-order valence-corrected chi connectivity index (χ1v) is 8.39. The van der Waals surface area contributed by atoms with E-state index in [0.29, 0.717) is 0 Å². The Hall–Kier alpha value is -1.68. The Morgan fingerprint density at radius 2 is 2.19 bits per heavy atom. The maximum absolute atomic E-state index is 11.4. The van der Waals surface area contributed by atoms with Crippen LogP contribution in [0.4, 0.5) is 5.13 Å². The second-order valence-electron chi connectivity index (χ2n) is 5.56. The molecule has 0 saturated carbocycles.